The summed E-state index contributed by atoms with van der Waals surface area (Å²) in [7, 11) is 0. The summed E-state index contributed by atoms with van der Waals surface area (Å²) < 4.78 is 13.8. The monoisotopic (exact) mass is 236 g/mol. The molecule has 0 aromatic carbocycles. The van der Waals surface area contributed by atoms with Crippen molar-refractivity contribution in [3.8, 4) is 0 Å². The van der Waals surface area contributed by atoms with Crippen molar-refractivity contribution in [2.75, 3.05) is 19.8 Å². The molecule has 1 aromatic heterocycles. The number of imidazole rings is 1. The fraction of sp³-hybridized carbons (Fsp3) is 0.769. The highest BCUT2D eigenvalue weighted by Gasteiger charge is 2.41. The van der Waals surface area contributed by atoms with Gasteiger partial charge in [0, 0.05) is 31.4 Å². The van der Waals surface area contributed by atoms with Crippen LogP contribution < -0.4 is 0 Å². The van der Waals surface area contributed by atoms with Gasteiger partial charge in [-0.25, -0.2) is 4.98 Å². The summed E-state index contributed by atoms with van der Waals surface area (Å²) in [6.45, 7) is 6.66. The summed E-state index contributed by atoms with van der Waals surface area (Å²) in [6, 6.07) is 0.520. The Labute approximate surface area is 102 Å². The van der Waals surface area contributed by atoms with Crippen LogP contribution in [-0.4, -0.2) is 35.0 Å². The molecule has 1 spiro atoms. The van der Waals surface area contributed by atoms with Gasteiger partial charge in [0.15, 0.2) is 0 Å². The molecule has 0 radical (unpaired) electrons. The SMILES string of the molecule is Cc1ncn(C2CCOC3(CCOC3)C2)c1C. The van der Waals surface area contributed by atoms with Crippen molar-refractivity contribution in [2.45, 2.75) is 44.8 Å². The highest BCUT2D eigenvalue weighted by Crippen LogP contribution is 2.38. The van der Waals surface area contributed by atoms with Gasteiger partial charge in [-0.15, -0.1) is 0 Å². The smallest absolute Gasteiger partial charge is 0.0956 e. The number of ether oxygens (including phenoxy) is 2. The highest BCUT2D eigenvalue weighted by molar-refractivity contribution is 5.10. The van der Waals surface area contributed by atoms with Crippen molar-refractivity contribution in [3.63, 3.8) is 0 Å². The van der Waals surface area contributed by atoms with E-state index in [4.69, 9.17) is 9.47 Å². The molecule has 1 aromatic rings. The van der Waals surface area contributed by atoms with Gasteiger partial charge in [-0.3, -0.25) is 0 Å². The normalized spacial score (nSPS) is 33.4. The van der Waals surface area contributed by atoms with Crippen LogP contribution in [0.2, 0.25) is 0 Å². The molecule has 4 heteroatoms. The van der Waals surface area contributed by atoms with Gasteiger partial charge < -0.3 is 14.0 Å². The summed E-state index contributed by atoms with van der Waals surface area (Å²) in [6.07, 6.45) is 5.16. The van der Waals surface area contributed by atoms with E-state index in [1.54, 1.807) is 0 Å². The molecule has 2 aliphatic heterocycles. The Hall–Kier alpha value is -0.870. The van der Waals surface area contributed by atoms with Crippen LogP contribution >= 0.6 is 0 Å². The van der Waals surface area contributed by atoms with Crippen molar-refractivity contribution in [1.29, 1.82) is 0 Å². The Bertz CT molecular complexity index is 408. The van der Waals surface area contributed by atoms with E-state index in [1.165, 1.54) is 5.69 Å². The van der Waals surface area contributed by atoms with Crippen molar-refractivity contribution in [3.05, 3.63) is 17.7 Å². The van der Waals surface area contributed by atoms with Crippen LogP contribution in [0.15, 0.2) is 6.33 Å². The van der Waals surface area contributed by atoms with Crippen molar-refractivity contribution in [2.24, 2.45) is 0 Å². The molecule has 0 N–H and O–H groups in total. The molecule has 2 aliphatic rings. The van der Waals surface area contributed by atoms with Gasteiger partial charge in [-0.1, -0.05) is 0 Å². The summed E-state index contributed by atoms with van der Waals surface area (Å²) in [5.41, 5.74) is 2.40. The molecule has 2 unspecified atom stereocenters. The first-order valence-electron chi connectivity index (χ1n) is 6.42. The van der Waals surface area contributed by atoms with E-state index in [9.17, 15) is 0 Å². The zero-order valence-electron chi connectivity index (χ0n) is 10.6. The predicted molar refractivity (Wildman–Crippen MR) is 64.1 cm³/mol. The van der Waals surface area contributed by atoms with Gasteiger partial charge in [-0.2, -0.15) is 0 Å². The van der Waals surface area contributed by atoms with Crippen molar-refractivity contribution >= 4 is 0 Å². The number of nitrogens with zero attached hydrogens (tertiary/aromatic N) is 2. The maximum absolute atomic E-state index is 5.97. The lowest BCUT2D eigenvalue weighted by Crippen LogP contribution is -2.41. The van der Waals surface area contributed by atoms with Crippen LogP contribution in [0.1, 0.15) is 36.7 Å². The lowest BCUT2D eigenvalue weighted by molar-refractivity contribution is -0.0950. The Kier molecular flexibility index (Phi) is 2.71. The van der Waals surface area contributed by atoms with Gasteiger partial charge in [0.2, 0.25) is 0 Å². The summed E-state index contributed by atoms with van der Waals surface area (Å²) in [5, 5.41) is 0. The van der Waals surface area contributed by atoms with E-state index >= 15 is 0 Å². The fourth-order valence-corrected chi connectivity index (χ4v) is 2.99. The van der Waals surface area contributed by atoms with Crippen LogP contribution in [-0.2, 0) is 9.47 Å². The molecule has 0 amide bonds. The van der Waals surface area contributed by atoms with Gasteiger partial charge >= 0.3 is 0 Å². The van der Waals surface area contributed by atoms with E-state index in [2.05, 4.69) is 23.4 Å². The molecule has 0 aliphatic carbocycles. The minimum absolute atomic E-state index is 0.0203. The molecule has 94 valence electrons. The fourth-order valence-electron chi connectivity index (χ4n) is 2.99. The molecule has 0 saturated carbocycles. The molecule has 2 saturated heterocycles. The van der Waals surface area contributed by atoms with Gasteiger partial charge in [0.25, 0.3) is 0 Å². The molecule has 2 atom stereocenters. The predicted octanol–water partition coefficient (Wildman–Crippen LogP) is 2.01. The molecule has 3 heterocycles. The average molecular weight is 236 g/mol. The summed E-state index contributed by atoms with van der Waals surface area (Å²) in [5.74, 6) is 0. The molecule has 2 fully saturated rings. The third kappa shape index (κ3) is 1.89. The quantitative estimate of drug-likeness (QED) is 0.748. The molecule has 17 heavy (non-hydrogen) atoms. The van der Waals surface area contributed by atoms with Crippen LogP contribution in [0.25, 0.3) is 0 Å². The molecule has 4 nitrogen and oxygen atoms in total. The zero-order valence-corrected chi connectivity index (χ0v) is 10.6. The van der Waals surface area contributed by atoms with E-state index in [1.807, 2.05) is 6.33 Å². The third-order valence-electron chi connectivity index (χ3n) is 4.21. The third-order valence-corrected chi connectivity index (χ3v) is 4.21. The first kappa shape index (κ1) is 11.2. The van der Waals surface area contributed by atoms with E-state index in [-0.39, 0.29) is 5.60 Å². The first-order valence-corrected chi connectivity index (χ1v) is 6.42. The number of rotatable bonds is 1. The Morgan fingerprint density at radius 3 is 2.94 bits per heavy atom. The largest absolute Gasteiger partial charge is 0.378 e. The lowest BCUT2D eigenvalue weighted by Gasteiger charge is -2.38. The van der Waals surface area contributed by atoms with Gasteiger partial charge in [0.1, 0.15) is 0 Å². The Morgan fingerprint density at radius 1 is 1.41 bits per heavy atom. The van der Waals surface area contributed by atoms with E-state index in [0.29, 0.717) is 6.04 Å². The van der Waals surface area contributed by atoms with Crippen LogP contribution in [0.4, 0.5) is 0 Å². The number of aromatic nitrogens is 2. The number of hydrogen-bond acceptors (Lipinski definition) is 3. The minimum Gasteiger partial charge on any atom is -0.378 e. The minimum atomic E-state index is -0.0203. The molecular formula is C13H20N2O2. The van der Waals surface area contributed by atoms with E-state index < -0.39 is 0 Å². The van der Waals surface area contributed by atoms with Gasteiger partial charge in [-0.05, 0) is 26.7 Å². The lowest BCUT2D eigenvalue weighted by atomic mass is 9.89. The van der Waals surface area contributed by atoms with Crippen molar-refractivity contribution < 1.29 is 9.47 Å². The number of aryl methyl sites for hydroxylation is 1. The van der Waals surface area contributed by atoms with Crippen molar-refractivity contribution in [1.82, 2.24) is 9.55 Å². The maximum atomic E-state index is 5.97. The second-order valence-corrected chi connectivity index (χ2v) is 5.30. The molecule has 3 rings (SSSR count). The second kappa shape index (κ2) is 4.10. The highest BCUT2D eigenvalue weighted by atomic mass is 16.6. The van der Waals surface area contributed by atoms with Crippen LogP contribution in [0.5, 0.6) is 0 Å². The maximum Gasteiger partial charge on any atom is 0.0956 e. The average Bonchev–Trinajstić information content (AvgIpc) is 2.89. The zero-order chi connectivity index (χ0) is 11.9. The van der Waals surface area contributed by atoms with Crippen LogP contribution in [0.3, 0.4) is 0 Å². The van der Waals surface area contributed by atoms with E-state index in [0.717, 1.165) is 44.8 Å². The topological polar surface area (TPSA) is 36.3 Å². The Balaban J connectivity index is 1.82. The van der Waals surface area contributed by atoms with Gasteiger partial charge in [0.05, 0.1) is 24.2 Å². The summed E-state index contributed by atoms with van der Waals surface area (Å²) >= 11 is 0. The molecule has 0 bridgehead atoms. The Morgan fingerprint density at radius 2 is 2.29 bits per heavy atom. The second-order valence-electron chi connectivity index (χ2n) is 5.30. The standard InChI is InChI=1S/C13H20N2O2/c1-10-11(2)15(9-14-10)12-3-5-17-13(7-12)4-6-16-8-13/h9,12H,3-8H2,1-2H3. The first-order chi connectivity index (χ1) is 8.20. The summed E-state index contributed by atoms with van der Waals surface area (Å²) in [4.78, 5) is 4.40. The molecular weight excluding hydrogens is 216 g/mol. The van der Waals surface area contributed by atoms with Crippen LogP contribution in [0, 0.1) is 13.8 Å². The number of hydrogen-bond donors (Lipinski definition) is 0.